The second-order valence-electron chi connectivity index (χ2n) is 8.21. The van der Waals surface area contributed by atoms with E-state index in [0.717, 1.165) is 0 Å². The van der Waals surface area contributed by atoms with E-state index in [4.69, 9.17) is 46.5 Å². The van der Waals surface area contributed by atoms with Gasteiger partial charge in [-0.3, -0.25) is 19.0 Å². The number of carbonyl (C=O) groups is 1. The Kier molecular flexibility index (Phi) is 9.77. The minimum atomic E-state index is -5.78. The molecule has 232 valence electrons. The fourth-order valence-electron chi connectivity index (χ4n) is 3.80. The third kappa shape index (κ3) is 8.13. The SMILES string of the molecule is COC1C(OCC(=O)Nc2cc[nH]n2)C(COP(=O)(O)OP(=O)(O)OP(=O)(O)O)OC1n1cnc2c(=S)[nH]c(N)nc21. The molecule has 3 aromatic heterocycles. The molecule has 1 amide bonds. The summed E-state index contributed by atoms with van der Waals surface area (Å²) in [7, 11) is -15.6. The fraction of sp³-hybridized carbons (Fsp3) is 0.438. The summed E-state index contributed by atoms with van der Waals surface area (Å²) in [5.74, 6) is -0.504. The Morgan fingerprint density at radius 3 is 2.60 bits per heavy atom. The maximum atomic E-state index is 12.4. The minimum Gasteiger partial charge on any atom is -0.374 e. The molecule has 4 heterocycles. The number of nitrogens with two attached hydrogens (primary N) is 1. The topological polar surface area (TPSA) is 318 Å². The third-order valence-corrected chi connectivity index (χ3v) is 9.37. The van der Waals surface area contributed by atoms with E-state index in [1.165, 1.54) is 30.3 Å². The zero-order chi connectivity index (χ0) is 30.9. The lowest BCUT2D eigenvalue weighted by Gasteiger charge is -2.24. The molecule has 3 aromatic rings. The van der Waals surface area contributed by atoms with Crippen LogP contribution in [0.25, 0.3) is 11.2 Å². The molecule has 0 bridgehead atoms. The van der Waals surface area contributed by atoms with Crippen LogP contribution in [-0.4, -0.2) is 93.8 Å². The molecule has 1 aliphatic rings. The number of imidazole rings is 1. The summed E-state index contributed by atoms with van der Waals surface area (Å²) in [4.78, 5) is 60.1. The van der Waals surface area contributed by atoms with Gasteiger partial charge in [-0.05, 0) is 0 Å². The summed E-state index contributed by atoms with van der Waals surface area (Å²) in [6.45, 7) is -1.51. The van der Waals surface area contributed by atoms with Crippen LogP contribution in [0.1, 0.15) is 6.23 Å². The zero-order valence-electron chi connectivity index (χ0n) is 20.9. The smallest absolute Gasteiger partial charge is 0.374 e. The van der Waals surface area contributed by atoms with E-state index in [1.54, 1.807) is 0 Å². The van der Waals surface area contributed by atoms with Crippen molar-refractivity contribution in [3.05, 3.63) is 23.2 Å². The molecule has 1 aliphatic heterocycles. The van der Waals surface area contributed by atoms with E-state index in [1.807, 2.05) is 0 Å². The van der Waals surface area contributed by atoms with Gasteiger partial charge in [0.15, 0.2) is 17.7 Å². The number of ether oxygens (including phenoxy) is 3. The molecule has 1 fully saturated rings. The zero-order valence-corrected chi connectivity index (χ0v) is 24.4. The first kappa shape index (κ1) is 32.5. The lowest BCUT2D eigenvalue weighted by atomic mass is 10.1. The van der Waals surface area contributed by atoms with Gasteiger partial charge in [-0.2, -0.15) is 18.7 Å². The van der Waals surface area contributed by atoms with Gasteiger partial charge < -0.3 is 49.8 Å². The second kappa shape index (κ2) is 12.6. The average molecular weight is 676 g/mol. The van der Waals surface area contributed by atoms with Crippen LogP contribution in [0.4, 0.5) is 11.8 Å². The van der Waals surface area contributed by atoms with Crippen molar-refractivity contribution in [1.82, 2.24) is 29.7 Å². The van der Waals surface area contributed by atoms with Crippen LogP contribution in [0.15, 0.2) is 18.6 Å². The van der Waals surface area contributed by atoms with Crippen molar-refractivity contribution < 1.29 is 65.4 Å². The van der Waals surface area contributed by atoms with Gasteiger partial charge in [-0.15, -0.1) is 0 Å². The Morgan fingerprint density at radius 2 is 1.95 bits per heavy atom. The molecule has 0 saturated carbocycles. The Bertz CT molecular complexity index is 1630. The first-order chi connectivity index (χ1) is 19.6. The van der Waals surface area contributed by atoms with E-state index < -0.39 is 67.1 Å². The number of phosphoric acid groups is 3. The van der Waals surface area contributed by atoms with Crippen LogP contribution in [0, 0.1) is 4.64 Å². The molecule has 0 radical (unpaired) electrons. The van der Waals surface area contributed by atoms with Crippen molar-refractivity contribution in [2.75, 3.05) is 31.4 Å². The number of H-pyrrole nitrogens is 2. The maximum absolute atomic E-state index is 12.4. The quantitative estimate of drug-likeness (QED) is 0.0877. The van der Waals surface area contributed by atoms with Crippen molar-refractivity contribution >= 4 is 64.5 Å². The summed E-state index contributed by atoms with van der Waals surface area (Å²) in [5, 5.41) is 8.75. The Labute approximate surface area is 238 Å². The lowest BCUT2D eigenvalue weighted by molar-refractivity contribution is -0.127. The Hall–Kier alpha value is -2.46. The Balaban J connectivity index is 1.57. The van der Waals surface area contributed by atoms with Crippen molar-refractivity contribution in [1.29, 1.82) is 0 Å². The summed E-state index contributed by atoms with van der Waals surface area (Å²) in [6.07, 6.45) is -2.04. The standard InChI is InChI=1S/C16H23N8O14P3S/c1-33-12-11(34-5-9(25)20-8-2-3-19-23-8)7(4-35-40(29,30)38-41(31,32)37-39(26,27)28)36-15(12)24-6-18-10-13(24)21-16(17)22-14(10)42/h2-3,6-7,11-12,15H,4-5H2,1H3,(H,29,30)(H,31,32)(H2,26,27,28)(H3,17,21,22,42)(H2,19,20,23,25). The van der Waals surface area contributed by atoms with Crippen LogP contribution >= 0.6 is 35.7 Å². The molecular formula is C16H23N8O14P3S. The van der Waals surface area contributed by atoms with Gasteiger partial charge >= 0.3 is 23.5 Å². The largest absolute Gasteiger partial charge is 0.490 e. The molecule has 6 atom stereocenters. The van der Waals surface area contributed by atoms with E-state index in [0.29, 0.717) is 0 Å². The average Bonchev–Trinajstić information content (AvgIpc) is 3.57. The summed E-state index contributed by atoms with van der Waals surface area (Å²) in [5.41, 5.74) is 6.18. The first-order valence-corrected chi connectivity index (χ1v) is 16.1. The number of nitrogens with one attached hydrogen (secondary N) is 3. The summed E-state index contributed by atoms with van der Waals surface area (Å²) >= 11 is 5.21. The van der Waals surface area contributed by atoms with Gasteiger partial charge in [-0.1, -0.05) is 12.2 Å². The number of nitrogens with zero attached hydrogens (tertiary/aromatic N) is 4. The molecule has 1 saturated heterocycles. The van der Waals surface area contributed by atoms with Crippen LogP contribution in [0.2, 0.25) is 0 Å². The summed E-state index contributed by atoms with van der Waals surface area (Å²) < 4.78 is 65.8. The number of fused-ring (bicyclic) bond motifs is 1. The molecule has 22 nitrogen and oxygen atoms in total. The minimum absolute atomic E-state index is 0.0479. The van der Waals surface area contributed by atoms with Gasteiger partial charge in [0.05, 0.1) is 12.9 Å². The van der Waals surface area contributed by atoms with E-state index in [-0.39, 0.29) is 27.6 Å². The van der Waals surface area contributed by atoms with Gasteiger partial charge in [-0.25, -0.2) is 18.7 Å². The Morgan fingerprint density at radius 1 is 1.21 bits per heavy atom. The highest BCUT2D eigenvalue weighted by atomic mass is 32.1. The van der Waals surface area contributed by atoms with Gasteiger partial charge in [0.25, 0.3) is 5.91 Å². The van der Waals surface area contributed by atoms with Gasteiger partial charge in [0, 0.05) is 19.4 Å². The maximum Gasteiger partial charge on any atom is 0.490 e. The normalized spacial score (nSPS) is 23.9. The number of nitrogen functional groups attached to an aromatic ring is 1. The van der Waals surface area contributed by atoms with Crippen molar-refractivity contribution in [2.45, 2.75) is 24.5 Å². The number of rotatable bonds is 13. The van der Waals surface area contributed by atoms with E-state index in [2.05, 4.69) is 39.1 Å². The monoisotopic (exact) mass is 676 g/mol. The number of phosphoric ester groups is 1. The van der Waals surface area contributed by atoms with Gasteiger partial charge in [0.2, 0.25) is 5.95 Å². The molecular weight excluding hydrogens is 653 g/mol. The van der Waals surface area contributed by atoms with Crippen LogP contribution in [-0.2, 0) is 45.8 Å². The predicted octanol–water partition coefficient (Wildman–Crippen LogP) is 0.0738. The third-order valence-electron chi connectivity index (χ3n) is 5.28. The fourth-order valence-corrected chi connectivity index (χ4v) is 7.08. The highest BCUT2D eigenvalue weighted by Crippen LogP contribution is 2.66. The van der Waals surface area contributed by atoms with Crippen LogP contribution in [0.5, 0.6) is 0 Å². The highest BCUT2D eigenvalue weighted by molar-refractivity contribution is 7.71. The molecule has 0 aliphatic carbocycles. The summed E-state index contributed by atoms with van der Waals surface area (Å²) in [6, 6.07) is 1.48. The lowest BCUT2D eigenvalue weighted by Crippen LogP contribution is -2.39. The number of aromatic nitrogens is 6. The van der Waals surface area contributed by atoms with Crippen molar-refractivity contribution in [2.24, 2.45) is 0 Å². The molecule has 42 heavy (non-hydrogen) atoms. The molecule has 0 spiro atoms. The van der Waals surface area contributed by atoms with Crippen LogP contribution < -0.4 is 11.1 Å². The molecule has 9 N–H and O–H groups in total. The predicted molar refractivity (Wildman–Crippen MR) is 139 cm³/mol. The molecule has 0 aromatic carbocycles. The van der Waals surface area contributed by atoms with Crippen molar-refractivity contribution in [3.63, 3.8) is 0 Å². The van der Waals surface area contributed by atoms with Crippen molar-refractivity contribution in [3.8, 4) is 0 Å². The number of amides is 1. The number of hydrogen-bond donors (Lipinski definition) is 8. The molecule has 4 rings (SSSR count). The number of methoxy groups -OCH3 is 1. The van der Waals surface area contributed by atoms with E-state index in [9.17, 15) is 28.3 Å². The number of hydrogen-bond acceptors (Lipinski definition) is 15. The second-order valence-corrected chi connectivity index (χ2v) is 13.0. The molecule has 6 unspecified atom stereocenters. The van der Waals surface area contributed by atoms with Gasteiger partial charge in [0.1, 0.15) is 35.1 Å². The first-order valence-electron chi connectivity index (χ1n) is 11.2. The highest BCUT2D eigenvalue weighted by Gasteiger charge is 2.49. The van der Waals surface area contributed by atoms with E-state index >= 15 is 0 Å². The molecule has 26 heteroatoms. The number of aromatic amines is 2. The number of carbonyl (C=O) groups excluding carboxylic acids is 1. The van der Waals surface area contributed by atoms with Crippen LogP contribution in [0.3, 0.4) is 0 Å². The number of anilines is 2.